The van der Waals surface area contributed by atoms with Crippen molar-refractivity contribution in [1.82, 2.24) is 10.2 Å². The predicted octanol–water partition coefficient (Wildman–Crippen LogP) is 3.99. The van der Waals surface area contributed by atoms with E-state index in [9.17, 15) is 18.0 Å². The molecule has 10 heteroatoms. The summed E-state index contributed by atoms with van der Waals surface area (Å²) >= 11 is 0. The van der Waals surface area contributed by atoms with Gasteiger partial charge < -0.3 is 19.7 Å². The molecule has 0 radical (unpaired) electrons. The molecule has 0 fully saturated rings. The number of ether oxygens (including phenoxy) is 2. The number of fused-ring (bicyclic) bond motifs is 1. The number of rotatable bonds is 14. The van der Waals surface area contributed by atoms with E-state index >= 15 is 0 Å². The lowest BCUT2D eigenvalue weighted by Gasteiger charge is -2.31. The van der Waals surface area contributed by atoms with Gasteiger partial charge in [0, 0.05) is 32.1 Å². The molecular weight excluding hydrogens is 506 g/mol. The van der Waals surface area contributed by atoms with Crippen LogP contribution in [0.4, 0.5) is 5.69 Å². The third-order valence-corrected chi connectivity index (χ3v) is 7.68. The second-order valence-corrected chi connectivity index (χ2v) is 11.5. The maximum absolute atomic E-state index is 13.5. The van der Waals surface area contributed by atoms with Crippen LogP contribution in [-0.4, -0.2) is 57.3 Å². The van der Waals surface area contributed by atoms with Crippen molar-refractivity contribution in [3.05, 3.63) is 53.6 Å². The van der Waals surface area contributed by atoms with E-state index in [1.54, 1.807) is 23.1 Å². The van der Waals surface area contributed by atoms with Crippen molar-refractivity contribution in [3.8, 4) is 11.5 Å². The lowest BCUT2D eigenvalue weighted by Crippen LogP contribution is -2.49. The van der Waals surface area contributed by atoms with E-state index in [2.05, 4.69) is 12.2 Å². The quantitative estimate of drug-likeness (QED) is 0.360. The van der Waals surface area contributed by atoms with Gasteiger partial charge in [-0.3, -0.25) is 13.9 Å². The third-order valence-electron chi connectivity index (χ3n) is 6.49. The van der Waals surface area contributed by atoms with E-state index in [-0.39, 0.29) is 31.6 Å². The van der Waals surface area contributed by atoms with Crippen LogP contribution in [0.5, 0.6) is 11.5 Å². The van der Waals surface area contributed by atoms with Crippen LogP contribution >= 0.6 is 0 Å². The lowest BCUT2D eigenvalue weighted by atomic mass is 10.1. The molecule has 1 N–H and O–H groups in total. The first kappa shape index (κ1) is 29.3. The molecule has 0 spiro atoms. The summed E-state index contributed by atoms with van der Waals surface area (Å²) in [5, 5.41) is 2.96. The minimum Gasteiger partial charge on any atom is -0.454 e. The molecule has 2 aromatic carbocycles. The van der Waals surface area contributed by atoms with Crippen LogP contribution in [0.2, 0.25) is 0 Å². The number of anilines is 1. The molecule has 1 heterocycles. The van der Waals surface area contributed by atoms with Crippen LogP contribution in [0, 0.1) is 6.92 Å². The monoisotopic (exact) mass is 545 g/mol. The van der Waals surface area contributed by atoms with Crippen molar-refractivity contribution in [3.63, 3.8) is 0 Å². The van der Waals surface area contributed by atoms with Gasteiger partial charge in [0.15, 0.2) is 11.5 Å². The van der Waals surface area contributed by atoms with Gasteiger partial charge in [-0.15, -0.1) is 0 Å². The van der Waals surface area contributed by atoms with Crippen LogP contribution in [-0.2, 0) is 26.2 Å². The Bertz CT molecular complexity index is 1200. The molecule has 0 aromatic heterocycles. The molecule has 9 nitrogen and oxygen atoms in total. The summed E-state index contributed by atoms with van der Waals surface area (Å²) in [6, 6.07) is 12.2. The van der Waals surface area contributed by atoms with Crippen LogP contribution in [0.15, 0.2) is 42.5 Å². The zero-order valence-electron chi connectivity index (χ0n) is 22.7. The van der Waals surface area contributed by atoms with Crippen LogP contribution < -0.4 is 19.1 Å². The van der Waals surface area contributed by atoms with Gasteiger partial charge in [-0.05, 0) is 43.9 Å². The summed E-state index contributed by atoms with van der Waals surface area (Å²) in [6.07, 6.45) is 3.83. The molecule has 0 saturated carbocycles. The fourth-order valence-corrected chi connectivity index (χ4v) is 5.32. The van der Waals surface area contributed by atoms with E-state index in [4.69, 9.17) is 9.47 Å². The number of unbranched alkanes of at least 4 members (excludes halogenated alkanes) is 1. The standard InChI is InChI=1S/C28H39N3O6S/c1-5-7-16-29-28(33)24(6-2)30(19-22-12-10-21(3)11-13-22)27(32)9-8-17-31(38(4,34)35)23-14-15-25-26(18-23)37-20-36-25/h10-15,18,24H,5-9,16-17,19-20H2,1-4H3,(H,29,33)/t24-/m0/s1. The van der Waals surface area contributed by atoms with Gasteiger partial charge in [-0.2, -0.15) is 0 Å². The van der Waals surface area contributed by atoms with Gasteiger partial charge in [0.2, 0.25) is 28.6 Å². The number of carbonyl (C=O) groups excluding carboxylic acids is 2. The first-order chi connectivity index (χ1) is 18.1. The van der Waals surface area contributed by atoms with E-state index in [0.717, 1.165) is 30.2 Å². The Kier molecular flexibility index (Phi) is 10.4. The minimum atomic E-state index is -3.61. The van der Waals surface area contributed by atoms with E-state index in [0.29, 0.717) is 43.1 Å². The highest BCUT2D eigenvalue weighted by atomic mass is 32.2. The summed E-state index contributed by atoms with van der Waals surface area (Å²) in [5.41, 5.74) is 2.49. The van der Waals surface area contributed by atoms with Gasteiger partial charge in [0.1, 0.15) is 6.04 Å². The van der Waals surface area contributed by atoms with Crippen molar-refractivity contribution >= 4 is 27.5 Å². The molecule has 0 saturated heterocycles. The fraction of sp³-hybridized carbons (Fsp3) is 0.500. The van der Waals surface area contributed by atoms with Crippen molar-refractivity contribution in [1.29, 1.82) is 0 Å². The molecule has 3 rings (SSSR count). The highest BCUT2D eigenvalue weighted by molar-refractivity contribution is 7.92. The molecular formula is C28H39N3O6S. The number of hydrogen-bond acceptors (Lipinski definition) is 6. The van der Waals surface area contributed by atoms with Crippen molar-refractivity contribution in [2.75, 3.05) is 30.4 Å². The Balaban J connectivity index is 1.74. The average Bonchev–Trinajstić information content (AvgIpc) is 3.35. The van der Waals surface area contributed by atoms with Gasteiger partial charge in [-0.1, -0.05) is 50.1 Å². The molecule has 2 aromatic rings. The second-order valence-electron chi connectivity index (χ2n) is 9.55. The molecule has 2 amide bonds. The normalized spacial score (nSPS) is 13.2. The molecule has 208 valence electrons. The molecule has 1 aliphatic heterocycles. The fourth-order valence-electron chi connectivity index (χ4n) is 4.36. The molecule has 0 aliphatic carbocycles. The minimum absolute atomic E-state index is 0.0909. The number of amides is 2. The maximum Gasteiger partial charge on any atom is 0.242 e. The molecule has 1 aliphatic rings. The van der Waals surface area contributed by atoms with Gasteiger partial charge >= 0.3 is 0 Å². The maximum atomic E-state index is 13.5. The Labute approximate surface area is 226 Å². The van der Waals surface area contributed by atoms with Crippen molar-refractivity contribution < 1.29 is 27.5 Å². The highest BCUT2D eigenvalue weighted by Gasteiger charge is 2.29. The van der Waals surface area contributed by atoms with Crippen molar-refractivity contribution in [2.24, 2.45) is 0 Å². The summed E-state index contributed by atoms with van der Waals surface area (Å²) in [6.45, 7) is 7.02. The first-order valence-electron chi connectivity index (χ1n) is 13.1. The van der Waals surface area contributed by atoms with Gasteiger partial charge in [-0.25, -0.2) is 8.42 Å². The molecule has 1 atom stereocenters. The Morgan fingerprint density at radius 3 is 2.39 bits per heavy atom. The Hall–Kier alpha value is -3.27. The summed E-state index contributed by atoms with van der Waals surface area (Å²) in [5.74, 6) is 0.685. The SMILES string of the molecule is CCCCNC(=O)[C@H](CC)N(Cc1ccc(C)cc1)C(=O)CCCN(c1ccc2c(c1)OCO2)S(C)(=O)=O. The number of carbonyl (C=O) groups is 2. The molecule has 0 bridgehead atoms. The van der Waals surface area contributed by atoms with Crippen LogP contribution in [0.25, 0.3) is 0 Å². The third kappa shape index (κ3) is 7.86. The molecule has 38 heavy (non-hydrogen) atoms. The zero-order valence-corrected chi connectivity index (χ0v) is 23.6. The number of benzene rings is 2. The summed E-state index contributed by atoms with van der Waals surface area (Å²) in [4.78, 5) is 28.2. The Morgan fingerprint density at radius 2 is 1.74 bits per heavy atom. The largest absolute Gasteiger partial charge is 0.454 e. The summed E-state index contributed by atoms with van der Waals surface area (Å²) < 4.78 is 37.2. The van der Waals surface area contributed by atoms with E-state index in [1.165, 1.54) is 4.31 Å². The topological polar surface area (TPSA) is 105 Å². The van der Waals surface area contributed by atoms with Gasteiger partial charge in [0.25, 0.3) is 0 Å². The second kappa shape index (κ2) is 13.5. The average molecular weight is 546 g/mol. The zero-order chi connectivity index (χ0) is 27.7. The van der Waals surface area contributed by atoms with E-state index < -0.39 is 16.1 Å². The molecule has 0 unspecified atom stereocenters. The van der Waals surface area contributed by atoms with E-state index in [1.807, 2.05) is 38.1 Å². The number of nitrogens with zero attached hydrogens (tertiary/aromatic N) is 2. The first-order valence-corrected chi connectivity index (χ1v) is 15.0. The number of sulfonamides is 1. The predicted molar refractivity (Wildman–Crippen MR) is 148 cm³/mol. The lowest BCUT2D eigenvalue weighted by molar-refractivity contribution is -0.141. The number of aryl methyl sites for hydroxylation is 1. The van der Waals surface area contributed by atoms with Crippen LogP contribution in [0.3, 0.4) is 0 Å². The highest BCUT2D eigenvalue weighted by Crippen LogP contribution is 2.36. The summed E-state index contributed by atoms with van der Waals surface area (Å²) in [7, 11) is -3.61. The Morgan fingerprint density at radius 1 is 1.03 bits per heavy atom. The van der Waals surface area contributed by atoms with Gasteiger partial charge in [0.05, 0.1) is 11.9 Å². The van der Waals surface area contributed by atoms with Crippen LogP contribution in [0.1, 0.15) is 57.1 Å². The number of hydrogen-bond donors (Lipinski definition) is 1. The van der Waals surface area contributed by atoms with Crippen molar-refractivity contribution in [2.45, 2.75) is 65.5 Å². The number of nitrogens with one attached hydrogen (secondary N) is 1. The smallest absolute Gasteiger partial charge is 0.242 e.